The van der Waals surface area contributed by atoms with Gasteiger partial charge < -0.3 is 5.32 Å². The Morgan fingerprint density at radius 2 is 1.56 bits per heavy atom. The molecule has 0 saturated heterocycles. The molecule has 18 heavy (non-hydrogen) atoms. The number of para-hydroxylation sites is 1. The highest BCUT2D eigenvalue weighted by Crippen LogP contribution is 2.19. The lowest BCUT2D eigenvalue weighted by molar-refractivity contribution is -0.482. The van der Waals surface area contributed by atoms with Crippen molar-refractivity contribution in [2.75, 3.05) is 11.9 Å². The number of nitrogens with one attached hydrogen (secondary N) is 1. The lowest BCUT2D eigenvalue weighted by Gasteiger charge is -2.16. The highest BCUT2D eigenvalue weighted by Gasteiger charge is 2.16. The van der Waals surface area contributed by atoms with Gasteiger partial charge in [-0.25, -0.2) is 0 Å². The molecule has 0 aliphatic carbocycles. The normalized spacial score (nSPS) is 11.8. The molecule has 2 aromatic carbocycles. The maximum atomic E-state index is 10.7. The zero-order chi connectivity index (χ0) is 12.8. The lowest BCUT2D eigenvalue weighted by Crippen LogP contribution is -2.20. The summed E-state index contributed by atoms with van der Waals surface area (Å²) >= 11 is 0. The van der Waals surface area contributed by atoms with E-state index in [4.69, 9.17) is 0 Å². The molecule has 2 rings (SSSR count). The van der Waals surface area contributed by atoms with Gasteiger partial charge in [0.05, 0.1) is 0 Å². The summed E-state index contributed by atoms with van der Waals surface area (Å²) in [5.41, 5.74) is 1.80. The average Bonchev–Trinajstić information content (AvgIpc) is 2.40. The van der Waals surface area contributed by atoms with Crippen LogP contribution in [0.4, 0.5) is 5.69 Å². The Balaban J connectivity index is 2.18. The van der Waals surface area contributed by atoms with E-state index in [1.165, 1.54) is 0 Å². The lowest BCUT2D eigenvalue weighted by atomic mass is 10.1. The van der Waals surface area contributed by atoms with Crippen molar-refractivity contribution in [2.45, 2.75) is 6.04 Å². The molecule has 4 heteroatoms. The first-order chi connectivity index (χ1) is 8.75. The Hall–Kier alpha value is -2.36. The van der Waals surface area contributed by atoms with Gasteiger partial charge in [0.15, 0.2) is 0 Å². The van der Waals surface area contributed by atoms with Crippen LogP contribution >= 0.6 is 0 Å². The number of hydrogen-bond acceptors (Lipinski definition) is 3. The molecule has 1 atom stereocenters. The van der Waals surface area contributed by atoms with Crippen molar-refractivity contribution >= 4 is 5.69 Å². The monoisotopic (exact) mass is 242 g/mol. The Morgan fingerprint density at radius 3 is 2.11 bits per heavy atom. The van der Waals surface area contributed by atoms with Crippen molar-refractivity contribution in [3.8, 4) is 0 Å². The summed E-state index contributed by atoms with van der Waals surface area (Å²) in [6, 6.07) is 18.6. The molecule has 0 radical (unpaired) electrons. The van der Waals surface area contributed by atoms with Gasteiger partial charge in [0.1, 0.15) is 6.04 Å². The van der Waals surface area contributed by atoms with Gasteiger partial charge in [-0.1, -0.05) is 48.5 Å². The minimum atomic E-state index is -0.316. The van der Waals surface area contributed by atoms with Gasteiger partial charge in [0.25, 0.3) is 0 Å². The van der Waals surface area contributed by atoms with E-state index in [-0.39, 0.29) is 17.5 Å². The molecule has 1 N–H and O–H groups in total. The van der Waals surface area contributed by atoms with Gasteiger partial charge in [-0.05, 0) is 17.7 Å². The first kappa shape index (κ1) is 12.1. The van der Waals surface area contributed by atoms with E-state index in [9.17, 15) is 10.1 Å². The summed E-state index contributed by atoms with van der Waals surface area (Å²) in [7, 11) is 0. The van der Waals surface area contributed by atoms with Gasteiger partial charge in [-0.2, -0.15) is 0 Å². The van der Waals surface area contributed by atoms with Crippen molar-refractivity contribution < 1.29 is 4.92 Å². The Bertz CT molecular complexity index is 500. The second-order valence-corrected chi connectivity index (χ2v) is 3.99. The average molecular weight is 242 g/mol. The fourth-order valence-corrected chi connectivity index (χ4v) is 1.80. The Morgan fingerprint density at radius 1 is 1.00 bits per heavy atom. The maximum Gasteiger partial charge on any atom is 0.227 e. The van der Waals surface area contributed by atoms with Crippen molar-refractivity contribution in [3.05, 3.63) is 76.3 Å². The molecule has 0 unspecified atom stereocenters. The molecular formula is C14H14N2O2. The van der Waals surface area contributed by atoms with Crippen LogP contribution in [-0.4, -0.2) is 11.5 Å². The predicted octanol–water partition coefficient (Wildman–Crippen LogP) is 3.12. The van der Waals surface area contributed by atoms with Gasteiger partial charge in [0, 0.05) is 10.6 Å². The summed E-state index contributed by atoms with van der Waals surface area (Å²) in [5, 5.41) is 13.9. The maximum absolute atomic E-state index is 10.7. The molecule has 0 amide bonds. The molecule has 0 spiro atoms. The molecule has 0 aliphatic rings. The number of rotatable bonds is 5. The molecule has 0 saturated carbocycles. The van der Waals surface area contributed by atoms with Gasteiger partial charge >= 0.3 is 0 Å². The standard InChI is InChI=1S/C14H14N2O2/c17-16(18)11-14(12-7-3-1-4-8-12)15-13-9-5-2-6-10-13/h1-10,14-15H,11H2/t14-/m1/s1. The summed E-state index contributed by atoms with van der Waals surface area (Å²) in [5.74, 6) is 0. The van der Waals surface area contributed by atoms with E-state index < -0.39 is 0 Å². The predicted molar refractivity (Wildman–Crippen MR) is 71.1 cm³/mol. The summed E-state index contributed by atoms with van der Waals surface area (Å²) in [4.78, 5) is 10.4. The van der Waals surface area contributed by atoms with E-state index in [0.29, 0.717) is 0 Å². The van der Waals surface area contributed by atoms with E-state index in [1.807, 2.05) is 60.7 Å². The third-order valence-electron chi connectivity index (χ3n) is 2.65. The molecule has 0 bridgehead atoms. The number of nitro groups is 1. The molecule has 0 aromatic heterocycles. The molecule has 92 valence electrons. The smallest absolute Gasteiger partial charge is 0.227 e. The van der Waals surface area contributed by atoms with Gasteiger partial charge in [0.2, 0.25) is 6.54 Å². The van der Waals surface area contributed by atoms with Crippen LogP contribution in [0.25, 0.3) is 0 Å². The molecule has 0 heterocycles. The second-order valence-electron chi connectivity index (χ2n) is 3.99. The van der Waals surface area contributed by atoms with Crippen LogP contribution in [0.5, 0.6) is 0 Å². The fourth-order valence-electron chi connectivity index (χ4n) is 1.80. The molecule has 2 aromatic rings. The first-order valence-electron chi connectivity index (χ1n) is 5.74. The third-order valence-corrected chi connectivity index (χ3v) is 2.65. The third kappa shape index (κ3) is 3.31. The molecule has 0 aliphatic heterocycles. The van der Waals surface area contributed by atoms with E-state index in [0.717, 1.165) is 11.3 Å². The SMILES string of the molecule is O=[N+]([O-])C[C@@H](Nc1ccccc1)c1ccccc1. The van der Waals surface area contributed by atoms with Gasteiger partial charge in [-0.3, -0.25) is 10.1 Å². The van der Waals surface area contributed by atoms with Crippen LogP contribution < -0.4 is 5.32 Å². The molecule has 0 fully saturated rings. The number of anilines is 1. The number of benzene rings is 2. The molecular weight excluding hydrogens is 228 g/mol. The molecule has 4 nitrogen and oxygen atoms in total. The van der Waals surface area contributed by atoms with Crippen LogP contribution in [0, 0.1) is 10.1 Å². The zero-order valence-electron chi connectivity index (χ0n) is 9.82. The number of nitrogens with zero attached hydrogens (tertiary/aromatic N) is 1. The minimum absolute atomic E-state index is 0.140. The van der Waals surface area contributed by atoms with Crippen LogP contribution in [0.1, 0.15) is 11.6 Å². The van der Waals surface area contributed by atoms with Crippen LogP contribution in [0.3, 0.4) is 0 Å². The Kier molecular flexibility index (Phi) is 3.91. The van der Waals surface area contributed by atoms with Crippen LogP contribution in [-0.2, 0) is 0 Å². The quantitative estimate of drug-likeness (QED) is 0.647. The van der Waals surface area contributed by atoms with Crippen molar-refractivity contribution in [1.82, 2.24) is 0 Å². The topological polar surface area (TPSA) is 55.2 Å². The van der Waals surface area contributed by atoms with Crippen LogP contribution in [0.2, 0.25) is 0 Å². The van der Waals surface area contributed by atoms with Crippen molar-refractivity contribution in [3.63, 3.8) is 0 Å². The van der Waals surface area contributed by atoms with Crippen LogP contribution in [0.15, 0.2) is 60.7 Å². The van der Waals surface area contributed by atoms with E-state index in [2.05, 4.69) is 5.32 Å². The Labute approximate surface area is 105 Å². The zero-order valence-corrected chi connectivity index (χ0v) is 9.82. The highest BCUT2D eigenvalue weighted by atomic mass is 16.6. The highest BCUT2D eigenvalue weighted by molar-refractivity contribution is 5.45. The fraction of sp³-hybridized carbons (Fsp3) is 0.143. The van der Waals surface area contributed by atoms with Gasteiger partial charge in [-0.15, -0.1) is 0 Å². The largest absolute Gasteiger partial charge is 0.372 e. The van der Waals surface area contributed by atoms with E-state index >= 15 is 0 Å². The van der Waals surface area contributed by atoms with Crippen molar-refractivity contribution in [2.24, 2.45) is 0 Å². The van der Waals surface area contributed by atoms with Crippen molar-refractivity contribution in [1.29, 1.82) is 0 Å². The van der Waals surface area contributed by atoms with E-state index in [1.54, 1.807) is 0 Å². The summed E-state index contributed by atoms with van der Waals surface area (Å²) < 4.78 is 0. The summed E-state index contributed by atoms with van der Waals surface area (Å²) in [6.45, 7) is -0.140. The second kappa shape index (κ2) is 5.82. The number of hydrogen-bond donors (Lipinski definition) is 1. The first-order valence-corrected chi connectivity index (χ1v) is 5.74. The minimum Gasteiger partial charge on any atom is -0.372 e. The summed E-state index contributed by atoms with van der Waals surface area (Å²) in [6.07, 6.45) is 0.